The first kappa shape index (κ1) is 23.1. The molecule has 0 unspecified atom stereocenters. The molecule has 1 N–H and O–H groups in total. The van der Waals surface area contributed by atoms with Crippen LogP contribution in [-0.2, 0) is 10.1 Å². The van der Waals surface area contributed by atoms with Crippen LogP contribution in [0.5, 0.6) is 5.75 Å². The van der Waals surface area contributed by atoms with Crippen molar-refractivity contribution in [2.24, 2.45) is 5.10 Å². The van der Waals surface area contributed by atoms with Crippen LogP contribution in [0.4, 0.5) is 5.69 Å². The van der Waals surface area contributed by atoms with Crippen LogP contribution in [-0.4, -0.2) is 25.5 Å². The lowest BCUT2D eigenvalue weighted by molar-refractivity contribution is -0.384. The molecule has 0 aromatic heterocycles. The van der Waals surface area contributed by atoms with Crippen molar-refractivity contribution in [3.8, 4) is 5.75 Å². The Morgan fingerprint density at radius 2 is 1.75 bits per heavy atom. The molecule has 1 amide bonds. The molecule has 0 heterocycles. The molecule has 0 saturated heterocycles. The van der Waals surface area contributed by atoms with Gasteiger partial charge >= 0.3 is 10.1 Å². The van der Waals surface area contributed by atoms with Crippen molar-refractivity contribution < 1.29 is 22.3 Å². The number of halogens is 1. The fourth-order valence-electron chi connectivity index (χ4n) is 2.50. The van der Waals surface area contributed by atoms with Crippen molar-refractivity contribution in [2.45, 2.75) is 11.8 Å². The van der Waals surface area contributed by atoms with Crippen LogP contribution >= 0.6 is 15.9 Å². The van der Waals surface area contributed by atoms with Crippen molar-refractivity contribution >= 4 is 43.9 Å². The van der Waals surface area contributed by atoms with E-state index >= 15 is 0 Å². The molecule has 0 fully saturated rings. The topological polar surface area (TPSA) is 128 Å². The molecule has 3 rings (SSSR count). The van der Waals surface area contributed by atoms with Crippen molar-refractivity contribution in [2.75, 3.05) is 0 Å². The molecule has 9 nitrogen and oxygen atoms in total. The molecule has 11 heteroatoms. The van der Waals surface area contributed by atoms with Crippen molar-refractivity contribution in [1.29, 1.82) is 0 Å². The maximum absolute atomic E-state index is 12.4. The van der Waals surface area contributed by atoms with Gasteiger partial charge in [-0.1, -0.05) is 17.7 Å². The molecule has 0 radical (unpaired) electrons. The molecule has 0 aliphatic heterocycles. The van der Waals surface area contributed by atoms with Gasteiger partial charge in [0.1, 0.15) is 4.90 Å². The van der Waals surface area contributed by atoms with E-state index in [1.54, 1.807) is 24.3 Å². The zero-order valence-corrected chi connectivity index (χ0v) is 19.0. The first-order chi connectivity index (χ1) is 15.2. The molecule has 3 aromatic carbocycles. The van der Waals surface area contributed by atoms with Gasteiger partial charge in [0.05, 0.1) is 15.6 Å². The zero-order valence-electron chi connectivity index (χ0n) is 16.6. The van der Waals surface area contributed by atoms with Crippen molar-refractivity contribution in [3.05, 3.63) is 98.0 Å². The van der Waals surface area contributed by atoms with Crippen LogP contribution in [0, 0.1) is 17.0 Å². The lowest BCUT2D eigenvalue weighted by atomic mass is 10.2. The average Bonchev–Trinajstić information content (AvgIpc) is 2.76. The summed E-state index contributed by atoms with van der Waals surface area (Å²) in [4.78, 5) is 22.2. The molecule has 164 valence electrons. The minimum atomic E-state index is -4.00. The number of hydrogen-bond donors (Lipinski definition) is 1. The van der Waals surface area contributed by atoms with E-state index in [1.165, 1.54) is 48.7 Å². The number of hydrogen-bond acceptors (Lipinski definition) is 7. The Labute approximate surface area is 192 Å². The van der Waals surface area contributed by atoms with Gasteiger partial charge in [-0.3, -0.25) is 14.9 Å². The van der Waals surface area contributed by atoms with Crippen LogP contribution in [0.2, 0.25) is 0 Å². The van der Waals surface area contributed by atoms with Gasteiger partial charge < -0.3 is 4.18 Å². The summed E-state index contributed by atoms with van der Waals surface area (Å²) in [7, 11) is -4.00. The standard InChI is InChI=1S/C21H16BrN3O6S/c1-14-2-9-18(10-3-14)32(29,30)31-20-11-4-15(12-19(20)22)13-23-24-21(26)16-5-7-17(8-6-16)25(27)28/h2-13H,1H3,(H,24,26)/b23-13-. The highest BCUT2D eigenvalue weighted by Crippen LogP contribution is 2.28. The minimum absolute atomic E-state index is 0.0367. The molecule has 0 atom stereocenters. The number of carbonyl (C=O) groups is 1. The molecule has 0 bridgehead atoms. The minimum Gasteiger partial charge on any atom is -0.378 e. The van der Waals surface area contributed by atoms with Crippen LogP contribution in [0.1, 0.15) is 21.5 Å². The van der Waals surface area contributed by atoms with Gasteiger partial charge in [-0.25, -0.2) is 5.43 Å². The Morgan fingerprint density at radius 1 is 1.09 bits per heavy atom. The molecule has 0 aliphatic rings. The summed E-state index contributed by atoms with van der Waals surface area (Å²) < 4.78 is 30.4. The van der Waals surface area contributed by atoms with Crippen molar-refractivity contribution in [1.82, 2.24) is 5.43 Å². The number of nitrogens with zero attached hydrogens (tertiary/aromatic N) is 2. The smallest absolute Gasteiger partial charge is 0.339 e. The third kappa shape index (κ3) is 5.77. The second kappa shape index (κ2) is 9.71. The number of nitro benzene ring substituents is 1. The Morgan fingerprint density at radius 3 is 2.34 bits per heavy atom. The highest BCUT2D eigenvalue weighted by molar-refractivity contribution is 9.10. The molecular weight excluding hydrogens is 502 g/mol. The second-order valence-electron chi connectivity index (χ2n) is 6.54. The van der Waals surface area contributed by atoms with Crippen LogP contribution in [0.15, 0.2) is 81.2 Å². The average molecular weight is 518 g/mol. The van der Waals surface area contributed by atoms with Gasteiger partial charge in [0.2, 0.25) is 0 Å². The number of nitrogens with one attached hydrogen (secondary N) is 1. The fourth-order valence-corrected chi connectivity index (χ4v) is 4.03. The lowest BCUT2D eigenvalue weighted by Crippen LogP contribution is -2.17. The molecular formula is C21H16BrN3O6S. The Balaban J connectivity index is 1.65. The Hall–Kier alpha value is -3.57. The largest absolute Gasteiger partial charge is 0.378 e. The molecule has 0 spiro atoms. The first-order valence-electron chi connectivity index (χ1n) is 9.04. The molecule has 32 heavy (non-hydrogen) atoms. The van der Waals surface area contributed by atoms with E-state index in [0.29, 0.717) is 10.0 Å². The monoisotopic (exact) mass is 517 g/mol. The molecule has 3 aromatic rings. The third-order valence-electron chi connectivity index (χ3n) is 4.19. The highest BCUT2D eigenvalue weighted by atomic mass is 79.9. The van der Waals surface area contributed by atoms with Gasteiger partial charge in [-0.2, -0.15) is 13.5 Å². The second-order valence-corrected chi connectivity index (χ2v) is 8.94. The van der Waals surface area contributed by atoms with E-state index in [0.717, 1.165) is 5.56 Å². The highest BCUT2D eigenvalue weighted by Gasteiger charge is 2.18. The Bertz CT molecular complexity index is 1290. The quantitative estimate of drug-likeness (QED) is 0.216. The van der Waals surface area contributed by atoms with Gasteiger partial charge in [-0.05, 0) is 70.9 Å². The van der Waals surface area contributed by atoms with E-state index in [9.17, 15) is 23.3 Å². The van der Waals surface area contributed by atoms with Crippen LogP contribution in [0.25, 0.3) is 0 Å². The number of carbonyl (C=O) groups excluding carboxylic acids is 1. The van der Waals surface area contributed by atoms with E-state index in [2.05, 4.69) is 26.5 Å². The summed E-state index contributed by atoms with van der Waals surface area (Å²) in [6.07, 6.45) is 1.35. The maximum atomic E-state index is 12.4. The number of aryl methyl sites for hydroxylation is 1. The summed E-state index contributed by atoms with van der Waals surface area (Å²) in [6.45, 7) is 1.85. The summed E-state index contributed by atoms with van der Waals surface area (Å²) in [5, 5.41) is 14.5. The van der Waals surface area contributed by atoms with E-state index < -0.39 is 20.9 Å². The maximum Gasteiger partial charge on any atom is 0.339 e. The fraction of sp³-hybridized carbons (Fsp3) is 0.0476. The summed E-state index contributed by atoms with van der Waals surface area (Å²) in [6, 6.07) is 16.0. The summed E-state index contributed by atoms with van der Waals surface area (Å²) in [5.41, 5.74) is 3.88. The van der Waals surface area contributed by atoms with Gasteiger partial charge in [0.15, 0.2) is 5.75 Å². The number of nitro groups is 1. The number of rotatable bonds is 7. The van der Waals surface area contributed by atoms with E-state index in [-0.39, 0.29) is 21.9 Å². The third-order valence-corrected chi connectivity index (χ3v) is 6.05. The molecule has 0 saturated carbocycles. The van der Waals surface area contributed by atoms with Gasteiger partial charge in [0, 0.05) is 17.7 Å². The summed E-state index contributed by atoms with van der Waals surface area (Å²) >= 11 is 3.27. The zero-order chi connectivity index (χ0) is 23.3. The van der Waals surface area contributed by atoms with E-state index in [4.69, 9.17) is 4.18 Å². The van der Waals surface area contributed by atoms with Gasteiger partial charge in [0.25, 0.3) is 11.6 Å². The first-order valence-corrected chi connectivity index (χ1v) is 11.2. The SMILES string of the molecule is Cc1ccc(S(=O)(=O)Oc2ccc(/C=N\NC(=O)c3ccc([N+](=O)[O-])cc3)cc2Br)cc1. The Kier molecular flexibility index (Phi) is 7.01. The predicted molar refractivity (Wildman–Crippen MR) is 121 cm³/mol. The molecule has 0 aliphatic carbocycles. The number of amides is 1. The number of benzene rings is 3. The lowest BCUT2D eigenvalue weighted by Gasteiger charge is -2.09. The summed E-state index contributed by atoms with van der Waals surface area (Å²) in [5.74, 6) is -0.447. The normalized spacial score (nSPS) is 11.3. The number of non-ortho nitro benzene ring substituents is 1. The predicted octanol–water partition coefficient (Wildman–Crippen LogP) is 4.20. The van der Waals surface area contributed by atoms with Crippen LogP contribution in [0.3, 0.4) is 0 Å². The van der Waals surface area contributed by atoms with Gasteiger partial charge in [-0.15, -0.1) is 0 Å². The van der Waals surface area contributed by atoms with E-state index in [1.807, 2.05) is 6.92 Å². The number of hydrazone groups is 1. The van der Waals surface area contributed by atoms with Crippen LogP contribution < -0.4 is 9.61 Å². The van der Waals surface area contributed by atoms with Crippen molar-refractivity contribution in [3.63, 3.8) is 0 Å².